The molecular formula is C17H32S. The lowest BCUT2D eigenvalue weighted by molar-refractivity contribution is 0.646. The fourth-order valence-corrected chi connectivity index (χ4v) is 3.17. The minimum absolute atomic E-state index is 0.617. The lowest BCUT2D eigenvalue weighted by atomic mass is 9.92. The number of hydrogen-bond acceptors (Lipinski definition) is 1. The molecule has 18 heavy (non-hydrogen) atoms. The highest BCUT2D eigenvalue weighted by atomic mass is 32.2. The molecule has 0 heterocycles. The topological polar surface area (TPSA) is 0 Å². The predicted molar refractivity (Wildman–Crippen MR) is 88.0 cm³/mol. The molecule has 0 nitrogen and oxygen atoms in total. The number of thioether (sulfide) groups is 1. The standard InChI is InChI=1S/C17H32S/c1-9-15(13(4)5)11-16(14(6)7)17(18-8)10-12(2)3/h11-14H,9-10H2,1-8H3/b15-11+,17-16-. The molecule has 0 aliphatic rings. The average Bonchev–Trinajstić information content (AvgIpc) is 2.26. The average molecular weight is 269 g/mol. The molecule has 0 unspecified atom stereocenters. The summed E-state index contributed by atoms with van der Waals surface area (Å²) < 4.78 is 0. The van der Waals surface area contributed by atoms with Crippen LogP contribution in [0.5, 0.6) is 0 Å². The van der Waals surface area contributed by atoms with Gasteiger partial charge in [-0.15, -0.1) is 11.8 Å². The molecule has 106 valence electrons. The maximum absolute atomic E-state index is 2.48. The van der Waals surface area contributed by atoms with Crippen molar-refractivity contribution in [3.05, 3.63) is 22.1 Å². The number of hydrogen-bond donors (Lipinski definition) is 0. The van der Waals surface area contributed by atoms with Crippen molar-refractivity contribution in [1.29, 1.82) is 0 Å². The minimum Gasteiger partial charge on any atom is -0.134 e. The Morgan fingerprint density at radius 1 is 1.00 bits per heavy atom. The van der Waals surface area contributed by atoms with Crippen molar-refractivity contribution in [3.63, 3.8) is 0 Å². The molecular weight excluding hydrogens is 236 g/mol. The van der Waals surface area contributed by atoms with E-state index in [1.165, 1.54) is 6.42 Å². The van der Waals surface area contributed by atoms with Crippen LogP contribution >= 0.6 is 11.8 Å². The van der Waals surface area contributed by atoms with Gasteiger partial charge < -0.3 is 0 Å². The highest BCUT2D eigenvalue weighted by Gasteiger charge is 2.12. The van der Waals surface area contributed by atoms with Crippen molar-refractivity contribution in [1.82, 2.24) is 0 Å². The third-order valence-corrected chi connectivity index (χ3v) is 4.17. The number of rotatable bonds is 7. The van der Waals surface area contributed by atoms with Gasteiger partial charge in [-0.2, -0.15) is 0 Å². The Morgan fingerprint density at radius 2 is 1.56 bits per heavy atom. The zero-order valence-corrected chi connectivity index (χ0v) is 14.4. The van der Waals surface area contributed by atoms with Crippen molar-refractivity contribution in [2.24, 2.45) is 17.8 Å². The first-order valence-electron chi connectivity index (χ1n) is 7.30. The smallest absolute Gasteiger partial charge is 0.0118 e. The summed E-state index contributed by atoms with van der Waals surface area (Å²) in [5, 5.41) is 0. The molecule has 0 saturated carbocycles. The zero-order chi connectivity index (χ0) is 14.3. The van der Waals surface area contributed by atoms with Gasteiger partial charge in [-0.05, 0) is 47.3 Å². The van der Waals surface area contributed by atoms with Crippen LogP contribution in [0.15, 0.2) is 22.1 Å². The quantitative estimate of drug-likeness (QED) is 0.488. The van der Waals surface area contributed by atoms with Gasteiger partial charge in [0.1, 0.15) is 0 Å². The molecule has 0 amide bonds. The monoisotopic (exact) mass is 268 g/mol. The Morgan fingerprint density at radius 3 is 1.83 bits per heavy atom. The third kappa shape index (κ3) is 6.13. The van der Waals surface area contributed by atoms with Crippen LogP contribution < -0.4 is 0 Å². The summed E-state index contributed by atoms with van der Waals surface area (Å²) in [6.45, 7) is 16.1. The first-order valence-corrected chi connectivity index (χ1v) is 8.53. The number of allylic oxidation sites excluding steroid dienone is 4. The van der Waals surface area contributed by atoms with Crippen LogP contribution in [0.2, 0.25) is 0 Å². The van der Waals surface area contributed by atoms with Gasteiger partial charge in [-0.3, -0.25) is 0 Å². The second-order valence-electron chi connectivity index (χ2n) is 6.06. The van der Waals surface area contributed by atoms with Gasteiger partial charge in [0, 0.05) is 0 Å². The molecule has 0 aliphatic heterocycles. The van der Waals surface area contributed by atoms with Gasteiger partial charge in [0.25, 0.3) is 0 Å². The van der Waals surface area contributed by atoms with Crippen molar-refractivity contribution < 1.29 is 0 Å². The maximum atomic E-state index is 2.48. The van der Waals surface area contributed by atoms with E-state index in [9.17, 15) is 0 Å². The fourth-order valence-electron chi connectivity index (χ4n) is 2.14. The summed E-state index contributed by atoms with van der Waals surface area (Å²) in [5.74, 6) is 2.01. The normalized spacial score (nSPS) is 14.7. The van der Waals surface area contributed by atoms with Crippen LogP contribution in [-0.4, -0.2) is 6.26 Å². The van der Waals surface area contributed by atoms with E-state index < -0.39 is 0 Å². The van der Waals surface area contributed by atoms with Gasteiger partial charge in [-0.25, -0.2) is 0 Å². The van der Waals surface area contributed by atoms with Gasteiger partial charge >= 0.3 is 0 Å². The Hall–Kier alpha value is -0.170. The van der Waals surface area contributed by atoms with Crippen LogP contribution in [0.1, 0.15) is 61.3 Å². The van der Waals surface area contributed by atoms with Gasteiger partial charge in [0.05, 0.1) is 0 Å². The van der Waals surface area contributed by atoms with E-state index in [0.717, 1.165) is 12.3 Å². The molecule has 0 bridgehead atoms. The zero-order valence-electron chi connectivity index (χ0n) is 13.6. The fraction of sp³-hybridized carbons (Fsp3) is 0.765. The SMILES string of the molecule is CC/C(=C\C(=C(/CC(C)C)SC)C(C)C)C(C)C. The molecule has 0 saturated heterocycles. The van der Waals surface area contributed by atoms with E-state index in [4.69, 9.17) is 0 Å². The summed E-state index contributed by atoms with van der Waals surface area (Å²) >= 11 is 1.93. The van der Waals surface area contributed by atoms with E-state index in [-0.39, 0.29) is 0 Å². The summed E-state index contributed by atoms with van der Waals surface area (Å²) in [5.41, 5.74) is 3.13. The molecule has 0 aliphatic carbocycles. The van der Waals surface area contributed by atoms with E-state index in [1.807, 2.05) is 11.8 Å². The first-order chi connectivity index (χ1) is 8.33. The molecule has 0 aromatic heterocycles. The Balaban J connectivity index is 5.45. The largest absolute Gasteiger partial charge is 0.134 e. The molecule has 0 radical (unpaired) electrons. The van der Waals surface area contributed by atoms with Crippen molar-refractivity contribution in [2.75, 3.05) is 6.26 Å². The molecule has 1 heteroatoms. The van der Waals surface area contributed by atoms with Gasteiger partial charge in [-0.1, -0.05) is 60.1 Å². The lowest BCUT2D eigenvalue weighted by Crippen LogP contribution is -2.02. The van der Waals surface area contributed by atoms with Crippen LogP contribution in [-0.2, 0) is 0 Å². The van der Waals surface area contributed by atoms with E-state index in [0.29, 0.717) is 11.8 Å². The van der Waals surface area contributed by atoms with Crippen LogP contribution in [0.4, 0.5) is 0 Å². The van der Waals surface area contributed by atoms with Crippen LogP contribution in [0, 0.1) is 17.8 Å². The summed E-state index contributed by atoms with van der Waals surface area (Å²) in [6, 6.07) is 0. The first kappa shape index (κ1) is 17.8. The molecule has 0 aromatic carbocycles. The second kappa shape index (κ2) is 8.85. The van der Waals surface area contributed by atoms with Crippen molar-refractivity contribution >= 4 is 11.8 Å². The van der Waals surface area contributed by atoms with Crippen molar-refractivity contribution in [3.8, 4) is 0 Å². The molecule has 0 rings (SSSR count). The summed E-state index contributed by atoms with van der Waals surface area (Å²) in [7, 11) is 0. The lowest BCUT2D eigenvalue weighted by Gasteiger charge is -2.18. The van der Waals surface area contributed by atoms with Crippen LogP contribution in [0.3, 0.4) is 0 Å². The van der Waals surface area contributed by atoms with Crippen LogP contribution in [0.25, 0.3) is 0 Å². The molecule has 0 spiro atoms. The minimum atomic E-state index is 0.617. The van der Waals surface area contributed by atoms with Crippen molar-refractivity contribution in [2.45, 2.75) is 61.3 Å². The van der Waals surface area contributed by atoms with E-state index >= 15 is 0 Å². The molecule has 0 aromatic rings. The van der Waals surface area contributed by atoms with Gasteiger partial charge in [0.2, 0.25) is 0 Å². The summed E-state index contributed by atoms with van der Waals surface area (Å²) in [6.07, 6.45) is 7.07. The molecule has 0 atom stereocenters. The highest BCUT2D eigenvalue weighted by Crippen LogP contribution is 2.31. The summed E-state index contributed by atoms with van der Waals surface area (Å²) in [4.78, 5) is 1.58. The molecule has 0 N–H and O–H groups in total. The highest BCUT2D eigenvalue weighted by molar-refractivity contribution is 8.02. The van der Waals surface area contributed by atoms with Gasteiger partial charge in [0.15, 0.2) is 0 Å². The maximum Gasteiger partial charge on any atom is -0.0118 e. The second-order valence-corrected chi connectivity index (χ2v) is 6.96. The molecule has 0 fully saturated rings. The van der Waals surface area contributed by atoms with E-state index in [1.54, 1.807) is 16.1 Å². The Bertz CT molecular complexity index is 293. The Labute approximate surface area is 119 Å². The third-order valence-electron chi connectivity index (χ3n) is 3.27. The van der Waals surface area contributed by atoms with E-state index in [2.05, 4.69) is 60.8 Å². The predicted octanol–water partition coefficient (Wildman–Crippen LogP) is 6.30. The Kier molecular flexibility index (Phi) is 8.77.